The molecule has 0 bridgehead atoms. The summed E-state index contributed by atoms with van der Waals surface area (Å²) in [5, 5.41) is 1.00. The Kier molecular flexibility index (Phi) is 3.74. The second-order valence-electron chi connectivity index (χ2n) is 5.45. The number of sulfonamides is 1. The van der Waals surface area contributed by atoms with Gasteiger partial charge in [0.2, 0.25) is 10.0 Å². The molecule has 2 N–H and O–H groups in total. The maximum Gasteiger partial charge on any atom is 0.211 e. The number of thiazole rings is 1. The van der Waals surface area contributed by atoms with Crippen LogP contribution in [0.4, 0.5) is 5.13 Å². The average Bonchev–Trinajstić information content (AvgIpc) is 2.83. The molecule has 1 aliphatic carbocycles. The van der Waals surface area contributed by atoms with Gasteiger partial charge in [-0.15, -0.1) is 11.3 Å². The maximum absolute atomic E-state index is 11.5. The Bertz CT molecular complexity index is 591. The van der Waals surface area contributed by atoms with Gasteiger partial charge in [0.15, 0.2) is 5.13 Å². The highest BCUT2D eigenvalue weighted by atomic mass is 32.2. The summed E-state index contributed by atoms with van der Waals surface area (Å²) in [6.07, 6.45) is 4.49. The average molecular weight is 316 g/mol. The third-order valence-corrected chi connectivity index (χ3v) is 6.46. The molecule has 2 heterocycles. The van der Waals surface area contributed by atoms with Gasteiger partial charge >= 0.3 is 0 Å². The zero-order valence-electron chi connectivity index (χ0n) is 11.6. The molecule has 1 saturated heterocycles. The van der Waals surface area contributed by atoms with Crippen molar-refractivity contribution in [3.63, 3.8) is 0 Å². The maximum atomic E-state index is 11.5. The molecule has 0 saturated carbocycles. The van der Waals surface area contributed by atoms with Gasteiger partial charge in [-0.05, 0) is 19.3 Å². The molecular formula is C12H20N4O2S2. The van der Waals surface area contributed by atoms with Crippen molar-refractivity contribution in [1.29, 1.82) is 0 Å². The Morgan fingerprint density at radius 3 is 2.60 bits per heavy atom. The second kappa shape index (κ2) is 5.25. The van der Waals surface area contributed by atoms with E-state index in [1.807, 2.05) is 0 Å². The molecule has 0 aromatic carbocycles. The fourth-order valence-electron chi connectivity index (χ4n) is 2.79. The van der Waals surface area contributed by atoms with E-state index in [0.29, 0.717) is 26.2 Å². The van der Waals surface area contributed by atoms with E-state index in [9.17, 15) is 8.42 Å². The lowest BCUT2D eigenvalue weighted by molar-refractivity contribution is 0.387. The van der Waals surface area contributed by atoms with Gasteiger partial charge in [-0.3, -0.25) is 0 Å². The topological polar surface area (TPSA) is 79.5 Å². The van der Waals surface area contributed by atoms with E-state index in [1.165, 1.54) is 15.4 Å². The van der Waals surface area contributed by atoms with Crippen LogP contribution in [-0.4, -0.2) is 50.1 Å². The van der Waals surface area contributed by atoms with E-state index in [2.05, 4.69) is 4.90 Å². The van der Waals surface area contributed by atoms with Gasteiger partial charge in [-0.2, -0.15) is 4.31 Å². The fraction of sp³-hybridized carbons (Fsp3) is 0.750. The molecule has 8 heteroatoms. The minimum absolute atomic E-state index is 0.0704. The van der Waals surface area contributed by atoms with Crippen molar-refractivity contribution in [2.24, 2.45) is 5.73 Å². The summed E-state index contributed by atoms with van der Waals surface area (Å²) in [6.45, 7) is 2.48. The van der Waals surface area contributed by atoms with E-state index in [-0.39, 0.29) is 6.04 Å². The van der Waals surface area contributed by atoms with Crippen molar-refractivity contribution in [3.05, 3.63) is 10.6 Å². The summed E-state index contributed by atoms with van der Waals surface area (Å²) in [5.41, 5.74) is 7.16. The van der Waals surface area contributed by atoms with Crippen LogP contribution in [0, 0.1) is 0 Å². The standard InChI is InChI=1S/C12H20N4O2S2/c1-20(17,18)16-7-5-15(6-8-16)12-14-11-9(13)3-2-4-10(11)19-12/h9H,2-8,13H2,1H3. The Balaban J connectivity index is 1.73. The Morgan fingerprint density at radius 2 is 2.00 bits per heavy atom. The Hall–Kier alpha value is -0.700. The highest BCUT2D eigenvalue weighted by Crippen LogP contribution is 2.35. The zero-order chi connectivity index (χ0) is 14.3. The Labute approximate surface area is 123 Å². The van der Waals surface area contributed by atoms with Gasteiger partial charge in [-0.25, -0.2) is 13.4 Å². The van der Waals surface area contributed by atoms with Crippen molar-refractivity contribution in [2.75, 3.05) is 37.3 Å². The van der Waals surface area contributed by atoms with Crippen LogP contribution < -0.4 is 10.6 Å². The van der Waals surface area contributed by atoms with Gasteiger partial charge in [0.1, 0.15) is 0 Å². The van der Waals surface area contributed by atoms with E-state index in [0.717, 1.165) is 30.1 Å². The van der Waals surface area contributed by atoms with Crippen LogP contribution in [0.2, 0.25) is 0 Å². The predicted molar refractivity (Wildman–Crippen MR) is 80.6 cm³/mol. The van der Waals surface area contributed by atoms with Gasteiger partial charge < -0.3 is 10.6 Å². The van der Waals surface area contributed by atoms with Crippen molar-refractivity contribution in [1.82, 2.24) is 9.29 Å². The van der Waals surface area contributed by atoms with E-state index in [4.69, 9.17) is 10.7 Å². The van der Waals surface area contributed by atoms with Crippen LogP contribution in [0.1, 0.15) is 29.5 Å². The van der Waals surface area contributed by atoms with E-state index in [1.54, 1.807) is 11.3 Å². The molecule has 3 rings (SSSR count). The summed E-state index contributed by atoms with van der Waals surface area (Å²) in [5.74, 6) is 0. The van der Waals surface area contributed by atoms with Crippen LogP contribution in [0.15, 0.2) is 0 Å². The first-order valence-electron chi connectivity index (χ1n) is 6.90. The molecule has 20 heavy (non-hydrogen) atoms. The van der Waals surface area contributed by atoms with Crippen LogP contribution in [0.5, 0.6) is 0 Å². The van der Waals surface area contributed by atoms with Gasteiger partial charge in [-0.1, -0.05) is 0 Å². The first kappa shape index (κ1) is 14.2. The molecule has 1 aliphatic heterocycles. The smallest absolute Gasteiger partial charge is 0.211 e. The number of nitrogens with two attached hydrogens (primary N) is 1. The van der Waals surface area contributed by atoms with Crippen LogP contribution in [-0.2, 0) is 16.4 Å². The summed E-state index contributed by atoms with van der Waals surface area (Å²) in [4.78, 5) is 8.18. The summed E-state index contributed by atoms with van der Waals surface area (Å²) >= 11 is 1.72. The largest absolute Gasteiger partial charge is 0.345 e. The molecule has 112 valence electrons. The molecule has 1 unspecified atom stereocenters. The quantitative estimate of drug-likeness (QED) is 0.862. The number of hydrogen-bond donors (Lipinski definition) is 1. The molecule has 0 radical (unpaired) electrons. The highest BCUT2D eigenvalue weighted by molar-refractivity contribution is 7.88. The zero-order valence-corrected chi connectivity index (χ0v) is 13.2. The van der Waals surface area contributed by atoms with Gasteiger partial charge in [0.25, 0.3) is 0 Å². The molecule has 0 spiro atoms. The lowest BCUT2D eigenvalue weighted by Crippen LogP contribution is -2.48. The SMILES string of the molecule is CS(=O)(=O)N1CCN(c2nc3c(s2)CCCC3N)CC1. The van der Waals surface area contributed by atoms with Crippen LogP contribution >= 0.6 is 11.3 Å². The molecule has 2 aliphatic rings. The number of aryl methyl sites for hydroxylation is 1. The molecule has 6 nitrogen and oxygen atoms in total. The number of nitrogens with zero attached hydrogens (tertiary/aromatic N) is 3. The number of fused-ring (bicyclic) bond motifs is 1. The molecule has 1 aromatic rings. The third kappa shape index (κ3) is 2.69. The highest BCUT2D eigenvalue weighted by Gasteiger charge is 2.27. The number of anilines is 1. The normalized spacial score (nSPS) is 24.7. The predicted octanol–water partition coefficient (Wildman–Crippen LogP) is 0.561. The number of aromatic nitrogens is 1. The van der Waals surface area contributed by atoms with Crippen molar-refractivity contribution < 1.29 is 8.42 Å². The van der Waals surface area contributed by atoms with Crippen LogP contribution in [0.25, 0.3) is 0 Å². The van der Waals surface area contributed by atoms with Crippen molar-refractivity contribution in [2.45, 2.75) is 25.3 Å². The molecule has 1 aromatic heterocycles. The lowest BCUT2D eigenvalue weighted by atomic mass is 9.99. The van der Waals surface area contributed by atoms with Crippen molar-refractivity contribution in [3.8, 4) is 0 Å². The van der Waals surface area contributed by atoms with Gasteiger partial charge in [0, 0.05) is 37.1 Å². The number of piperazine rings is 1. The minimum Gasteiger partial charge on any atom is -0.345 e. The first-order valence-corrected chi connectivity index (χ1v) is 9.57. The molecular weight excluding hydrogens is 296 g/mol. The summed E-state index contributed by atoms with van der Waals surface area (Å²) in [7, 11) is -3.07. The number of hydrogen-bond acceptors (Lipinski definition) is 6. The van der Waals surface area contributed by atoms with E-state index >= 15 is 0 Å². The molecule has 1 atom stereocenters. The molecule has 0 amide bonds. The summed E-state index contributed by atoms with van der Waals surface area (Å²) < 4.78 is 24.5. The van der Waals surface area contributed by atoms with E-state index < -0.39 is 10.0 Å². The first-order chi connectivity index (χ1) is 9.45. The summed E-state index contributed by atoms with van der Waals surface area (Å²) in [6, 6.07) is 0.0704. The van der Waals surface area contributed by atoms with Crippen molar-refractivity contribution >= 4 is 26.5 Å². The van der Waals surface area contributed by atoms with Crippen LogP contribution in [0.3, 0.4) is 0 Å². The Morgan fingerprint density at radius 1 is 1.30 bits per heavy atom. The monoisotopic (exact) mass is 316 g/mol. The minimum atomic E-state index is -3.07. The fourth-order valence-corrected chi connectivity index (χ4v) is 4.84. The molecule has 1 fully saturated rings. The van der Waals surface area contributed by atoms with Gasteiger partial charge in [0.05, 0.1) is 11.9 Å². The lowest BCUT2D eigenvalue weighted by Gasteiger charge is -2.32. The number of rotatable bonds is 2. The third-order valence-electron chi connectivity index (χ3n) is 3.96. The second-order valence-corrected chi connectivity index (χ2v) is 8.50.